The summed E-state index contributed by atoms with van der Waals surface area (Å²) in [6.07, 6.45) is 0. The van der Waals surface area contributed by atoms with Crippen molar-refractivity contribution < 1.29 is 0 Å². The zero-order valence-corrected chi connectivity index (χ0v) is 28.7. The fourth-order valence-corrected chi connectivity index (χ4v) is 7.51. The Balaban J connectivity index is 1.28. The second kappa shape index (κ2) is 13.8. The molecule has 246 valence electrons. The molecule has 0 atom stereocenters. The highest BCUT2D eigenvalue weighted by Crippen LogP contribution is 2.42. The molecule has 0 aliphatic rings. The molecular formula is C50H36N2. The van der Waals surface area contributed by atoms with Crippen LogP contribution >= 0.6 is 0 Å². The molecule has 9 rings (SSSR count). The van der Waals surface area contributed by atoms with E-state index in [1.165, 1.54) is 49.6 Å². The molecule has 0 radical (unpaired) electrons. The molecule has 2 heteroatoms. The Bertz CT molecular complexity index is 2600. The van der Waals surface area contributed by atoms with E-state index in [9.17, 15) is 0 Å². The van der Waals surface area contributed by atoms with Gasteiger partial charge in [0.25, 0.3) is 0 Å². The van der Waals surface area contributed by atoms with Crippen LogP contribution in [0, 0.1) is 0 Å². The molecular weight excluding hydrogens is 629 g/mol. The van der Waals surface area contributed by atoms with Crippen molar-refractivity contribution in [2.24, 2.45) is 0 Å². The van der Waals surface area contributed by atoms with E-state index in [1.807, 2.05) is 0 Å². The van der Waals surface area contributed by atoms with Crippen LogP contribution in [0.1, 0.15) is 22.3 Å². The van der Waals surface area contributed by atoms with Crippen LogP contribution in [0.3, 0.4) is 0 Å². The molecule has 0 N–H and O–H groups in total. The van der Waals surface area contributed by atoms with Gasteiger partial charge in [-0.15, -0.1) is 0 Å². The van der Waals surface area contributed by atoms with Crippen LogP contribution in [0.5, 0.6) is 0 Å². The molecule has 1 heterocycles. The predicted octanol–water partition coefficient (Wildman–Crippen LogP) is 13.3. The molecule has 0 saturated carbocycles. The van der Waals surface area contributed by atoms with Crippen molar-refractivity contribution in [3.05, 3.63) is 241 Å². The second-order valence-corrected chi connectivity index (χ2v) is 13.0. The minimum atomic E-state index is 1.09. The first-order chi connectivity index (χ1) is 25.8. The molecule has 0 amide bonds. The maximum atomic E-state index is 2.38. The quantitative estimate of drug-likeness (QED) is 0.147. The first-order valence-corrected chi connectivity index (χ1v) is 17.8. The summed E-state index contributed by atoms with van der Waals surface area (Å²) in [6, 6.07) is 78.3. The van der Waals surface area contributed by atoms with E-state index < -0.39 is 0 Å². The molecule has 52 heavy (non-hydrogen) atoms. The zero-order chi connectivity index (χ0) is 34.7. The lowest BCUT2D eigenvalue weighted by atomic mass is 9.85. The Labute approximate surface area is 304 Å². The molecule has 8 aromatic carbocycles. The number of hydrogen-bond acceptors (Lipinski definition) is 1. The Morgan fingerprint density at radius 3 is 1.37 bits per heavy atom. The third kappa shape index (κ3) is 5.77. The summed E-state index contributed by atoms with van der Waals surface area (Å²) in [7, 11) is 0. The maximum absolute atomic E-state index is 2.38. The number of nitrogens with zero attached hydrogens (tertiary/aromatic N) is 2. The molecule has 0 unspecified atom stereocenters. The normalized spacial score (nSPS) is 11.1. The van der Waals surface area contributed by atoms with E-state index >= 15 is 0 Å². The van der Waals surface area contributed by atoms with Crippen LogP contribution in [-0.4, -0.2) is 4.57 Å². The van der Waals surface area contributed by atoms with E-state index in [1.54, 1.807) is 0 Å². The molecule has 0 saturated heterocycles. The number of rotatable bonds is 8. The Morgan fingerprint density at radius 2 is 0.750 bits per heavy atom. The van der Waals surface area contributed by atoms with Crippen molar-refractivity contribution in [3.63, 3.8) is 0 Å². The number of hydrogen-bond donors (Lipinski definition) is 0. The summed E-state index contributed by atoms with van der Waals surface area (Å²) in [6.45, 7) is 0. The van der Waals surface area contributed by atoms with E-state index in [4.69, 9.17) is 0 Å². The first-order valence-electron chi connectivity index (χ1n) is 17.8. The average molecular weight is 665 g/mol. The minimum absolute atomic E-state index is 1.09. The van der Waals surface area contributed by atoms with Crippen LogP contribution < -0.4 is 4.90 Å². The van der Waals surface area contributed by atoms with Gasteiger partial charge in [-0.1, -0.05) is 158 Å². The second-order valence-electron chi connectivity index (χ2n) is 13.0. The van der Waals surface area contributed by atoms with Crippen molar-refractivity contribution in [2.75, 3.05) is 4.90 Å². The van der Waals surface area contributed by atoms with Gasteiger partial charge in [0.05, 0.1) is 11.0 Å². The van der Waals surface area contributed by atoms with Gasteiger partial charge in [-0.3, -0.25) is 0 Å². The first kappa shape index (κ1) is 31.1. The number of para-hydroxylation sites is 3. The summed E-state index contributed by atoms with van der Waals surface area (Å²) < 4.78 is 2.37. The van der Waals surface area contributed by atoms with E-state index in [-0.39, 0.29) is 0 Å². The molecule has 0 aliphatic carbocycles. The fourth-order valence-electron chi connectivity index (χ4n) is 7.51. The van der Waals surface area contributed by atoms with E-state index in [0.29, 0.717) is 0 Å². The van der Waals surface area contributed by atoms with Crippen molar-refractivity contribution >= 4 is 50.0 Å². The number of aromatic nitrogens is 1. The minimum Gasteiger partial charge on any atom is -0.310 e. The SMILES string of the molecule is c1ccc(C(=C(c2ccccc2)c2cccc(N(c3ccccc3)c3ccc4c(c3)c3ccccc3n4-c3ccccc3)c2)c2ccccc2)cc1. The maximum Gasteiger partial charge on any atom is 0.0542 e. The summed E-state index contributed by atoms with van der Waals surface area (Å²) >= 11 is 0. The summed E-state index contributed by atoms with van der Waals surface area (Å²) in [4.78, 5) is 2.38. The number of anilines is 3. The highest BCUT2D eigenvalue weighted by atomic mass is 15.1. The molecule has 0 aliphatic heterocycles. The highest BCUT2D eigenvalue weighted by molar-refractivity contribution is 6.11. The lowest BCUT2D eigenvalue weighted by molar-refractivity contribution is 1.18. The van der Waals surface area contributed by atoms with Gasteiger partial charge in [0.15, 0.2) is 0 Å². The topological polar surface area (TPSA) is 8.17 Å². The molecule has 0 spiro atoms. The number of benzene rings is 8. The van der Waals surface area contributed by atoms with Crippen LogP contribution in [-0.2, 0) is 0 Å². The van der Waals surface area contributed by atoms with Gasteiger partial charge >= 0.3 is 0 Å². The Kier molecular flexibility index (Phi) is 8.24. The predicted molar refractivity (Wildman–Crippen MR) is 220 cm³/mol. The van der Waals surface area contributed by atoms with Crippen molar-refractivity contribution in [2.45, 2.75) is 0 Å². The van der Waals surface area contributed by atoms with Crippen LogP contribution in [0.4, 0.5) is 17.1 Å². The average Bonchev–Trinajstić information content (AvgIpc) is 3.55. The van der Waals surface area contributed by atoms with Gasteiger partial charge in [0, 0.05) is 33.5 Å². The van der Waals surface area contributed by atoms with Crippen LogP contribution in [0.2, 0.25) is 0 Å². The van der Waals surface area contributed by atoms with Crippen LogP contribution in [0.15, 0.2) is 218 Å². The third-order valence-corrected chi connectivity index (χ3v) is 9.77. The van der Waals surface area contributed by atoms with Crippen molar-refractivity contribution in [1.29, 1.82) is 0 Å². The summed E-state index contributed by atoms with van der Waals surface area (Å²) in [5.74, 6) is 0. The van der Waals surface area contributed by atoms with E-state index in [2.05, 4.69) is 228 Å². The van der Waals surface area contributed by atoms with Gasteiger partial charge in [-0.05, 0) is 94.1 Å². The largest absolute Gasteiger partial charge is 0.310 e. The lowest BCUT2D eigenvalue weighted by Crippen LogP contribution is -2.10. The summed E-state index contributed by atoms with van der Waals surface area (Å²) in [5.41, 5.74) is 13.9. The Morgan fingerprint density at radius 1 is 0.308 bits per heavy atom. The van der Waals surface area contributed by atoms with Gasteiger partial charge in [-0.25, -0.2) is 0 Å². The molecule has 1 aromatic heterocycles. The zero-order valence-electron chi connectivity index (χ0n) is 28.7. The fraction of sp³-hybridized carbons (Fsp3) is 0. The van der Waals surface area contributed by atoms with E-state index in [0.717, 1.165) is 28.3 Å². The van der Waals surface area contributed by atoms with Gasteiger partial charge in [0.1, 0.15) is 0 Å². The molecule has 0 fully saturated rings. The highest BCUT2D eigenvalue weighted by Gasteiger charge is 2.20. The number of fused-ring (bicyclic) bond motifs is 3. The molecule has 0 bridgehead atoms. The smallest absolute Gasteiger partial charge is 0.0542 e. The molecule has 2 nitrogen and oxygen atoms in total. The Hall–Kier alpha value is -6.90. The van der Waals surface area contributed by atoms with Gasteiger partial charge in [0.2, 0.25) is 0 Å². The third-order valence-electron chi connectivity index (χ3n) is 9.77. The summed E-state index contributed by atoms with van der Waals surface area (Å²) in [5, 5.41) is 2.45. The van der Waals surface area contributed by atoms with Crippen LogP contribution in [0.25, 0.3) is 38.6 Å². The van der Waals surface area contributed by atoms with Gasteiger partial charge in [-0.2, -0.15) is 0 Å². The monoisotopic (exact) mass is 664 g/mol. The van der Waals surface area contributed by atoms with Crippen molar-refractivity contribution in [3.8, 4) is 5.69 Å². The van der Waals surface area contributed by atoms with Crippen molar-refractivity contribution in [1.82, 2.24) is 4.57 Å². The standard InChI is InChI=1S/C50H36N2/c1-6-19-37(20-7-1)49(38-21-8-2-9-22-38)50(39-23-10-3-11-24-39)40-25-18-30-43(35-40)51(41-26-12-4-13-27-41)44-33-34-48-46(36-44)45-31-16-17-32-47(45)52(48)42-28-14-5-15-29-42/h1-36H. The molecule has 9 aromatic rings. The van der Waals surface area contributed by atoms with Gasteiger partial charge < -0.3 is 9.47 Å². The lowest BCUT2D eigenvalue weighted by Gasteiger charge is -2.27.